The SMILES string of the molecule is Brc1cc(CNCCCCn2ccnc2)cc2c1OCCCO2.Cl. The molecule has 0 bridgehead atoms. The fourth-order valence-electron chi connectivity index (χ4n) is 2.58. The summed E-state index contributed by atoms with van der Waals surface area (Å²) in [7, 11) is 0. The van der Waals surface area contributed by atoms with Crippen LogP contribution in [0.4, 0.5) is 0 Å². The Kier molecular flexibility index (Phi) is 7.88. The van der Waals surface area contributed by atoms with Crippen LogP contribution >= 0.6 is 28.3 Å². The number of aromatic nitrogens is 2. The van der Waals surface area contributed by atoms with Gasteiger partial charge in [0, 0.05) is 31.9 Å². The third kappa shape index (κ3) is 5.40. The van der Waals surface area contributed by atoms with E-state index in [0.29, 0.717) is 13.2 Å². The van der Waals surface area contributed by atoms with Gasteiger partial charge >= 0.3 is 0 Å². The smallest absolute Gasteiger partial charge is 0.175 e. The van der Waals surface area contributed by atoms with Crippen LogP contribution in [0.1, 0.15) is 24.8 Å². The third-order valence-electron chi connectivity index (χ3n) is 3.77. The van der Waals surface area contributed by atoms with E-state index in [2.05, 4.69) is 42.9 Å². The normalized spacial score (nSPS) is 13.2. The highest BCUT2D eigenvalue weighted by atomic mass is 79.9. The molecule has 2 heterocycles. The lowest BCUT2D eigenvalue weighted by molar-refractivity contribution is 0.296. The molecular weight excluding hydrogens is 394 g/mol. The van der Waals surface area contributed by atoms with E-state index in [9.17, 15) is 0 Å². The summed E-state index contributed by atoms with van der Waals surface area (Å²) in [4.78, 5) is 4.05. The highest BCUT2D eigenvalue weighted by Crippen LogP contribution is 2.38. The largest absolute Gasteiger partial charge is 0.490 e. The Morgan fingerprint density at radius 2 is 2.08 bits per heavy atom. The number of halogens is 2. The number of imidazole rings is 1. The molecule has 0 unspecified atom stereocenters. The molecule has 0 radical (unpaired) electrons. The van der Waals surface area contributed by atoms with Crippen molar-refractivity contribution in [2.24, 2.45) is 0 Å². The Morgan fingerprint density at radius 3 is 2.92 bits per heavy atom. The molecule has 5 nitrogen and oxygen atoms in total. The van der Waals surface area contributed by atoms with Crippen LogP contribution in [0.5, 0.6) is 11.5 Å². The Labute approximate surface area is 157 Å². The van der Waals surface area contributed by atoms with E-state index in [-0.39, 0.29) is 12.4 Å². The zero-order chi connectivity index (χ0) is 15.9. The highest BCUT2D eigenvalue weighted by molar-refractivity contribution is 9.10. The number of fused-ring (bicyclic) bond motifs is 1. The Bertz CT molecular complexity index is 623. The molecule has 0 amide bonds. The number of benzene rings is 1. The van der Waals surface area contributed by atoms with Gasteiger partial charge in [0.05, 0.1) is 24.0 Å². The number of nitrogens with one attached hydrogen (secondary N) is 1. The van der Waals surface area contributed by atoms with Gasteiger partial charge in [-0.25, -0.2) is 4.98 Å². The molecule has 1 aromatic heterocycles. The summed E-state index contributed by atoms with van der Waals surface area (Å²) in [5.41, 5.74) is 1.20. The Balaban J connectivity index is 0.00000208. The van der Waals surface area contributed by atoms with E-state index in [1.165, 1.54) is 5.56 Å². The molecule has 0 aliphatic carbocycles. The van der Waals surface area contributed by atoms with Gasteiger partial charge in [0.25, 0.3) is 0 Å². The average molecular weight is 417 g/mol. The van der Waals surface area contributed by atoms with Crippen molar-refractivity contribution < 1.29 is 9.47 Å². The fraction of sp³-hybridized carbons (Fsp3) is 0.471. The summed E-state index contributed by atoms with van der Waals surface area (Å²) in [5.74, 6) is 1.67. The number of hydrogen-bond donors (Lipinski definition) is 1. The van der Waals surface area contributed by atoms with Crippen LogP contribution in [0, 0.1) is 0 Å². The van der Waals surface area contributed by atoms with E-state index in [4.69, 9.17) is 9.47 Å². The second-order valence-electron chi connectivity index (χ2n) is 5.64. The summed E-state index contributed by atoms with van der Waals surface area (Å²) in [5, 5.41) is 3.49. The lowest BCUT2D eigenvalue weighted by atomic mass is 10.2. The van der Waals surface area contributed by atoms with Gasteiger partial charge in [0.15, 0.2) is 11.5 Å². The third-order valence-corrected chi connectivity index (χ3v) is 4.36. The summed E-state index contributed by atoms with van der Waals surface area (Å²) < 4.78 is 14.6. The molecule has 1 aliphatic rings. The summed E-state index contributed by atoms with van der Waals surface area (Å²) in [6, 6.07) is 4.18. The summed E-state index contributed by atoms with van der Waals surface area (Å²) >= 11 is 3.58. The number of aryl methyl sites for hydroxylation is 1. The standard InChI is InChI=1S/C17H22BrN3O2.ClH/c18-15-10-14(11-16-17(15)23-9-3-8-22-16)12-19-4-1-2-6-21-7-5-20-13-21;/h5,7,10-11,13,19H,1-4,6,8-9,12H2;1H. The molecule has 0 atom stereocenters. The molecule has 0 spiro atoms. The average Bonchev–Trinajstić information content (AvgIpc) is 2.94. The minimum absolute atomic E-state index is 0. The maximum Gasteiger partial charge on any atom is 0.175 e. The fourth-order valence-corrected chi connectivity index (χ4v) is 3.19. The lowest BCUT2D eigenvalue weighted by Crippen LogP contribution is -2.15. The van der Waals surface area contributed by atoms with Crippen molar-refractivity contribution in [3.63, 3.8) is 0 Å². The number of nitrogens with zero attached hydrogens (tertiary/aromatic N) is 2. The van der Waals surface area contributed by atoms with E-state index in [1.54, 1.807) is 0 Å². The minimum Gasteiger partial charge on any atom is -0.490 e. The molecule has 2 aromatic rings. The van der Waals surface area contributed by atoms with Gasteiger partial charge < -0.3 is 19.4 Å². The second kappa shape index (κ2) is 9.91. The zero-order valence-electron chi connectivity index (χ0n) is 13.5. The van der Waals surface area contributed by atoms with Crippen molar-refractivity contribution in [1.82, 2.24) is 14.9 Å². The molecule has 0 saturated carbocycles. The minimum atomic E-state index is 0. The van der Waals surface area contributed by atoms with Gasteiger partial charge in [-0.05, 0) is 53.0 Å². The first-order chi connectivity index (χ1) is 11.3. The van der Waals surface area contributed by atoms with Crippen LogP contribution < -0.4 is 14.8 Å². The maximum absolute atomic E-state index is 5.76. The second-order valence-corrected chi connectivity index (χ2v) is 6.49. The van der Waals surface area contributed by atoms with Crippen molar-refractivity contribution >= 4 is 28.3 Å². The van der Waals surface area contributed by atoms with Gasteiger partial charge in [0.1, 0.15) is 0 Å². The first-order valence-electron chi connectivity index (χ1n) is 8.07. The van der Waals surface area contributed by atoms with E-state index >= 15 is 0 Å². The first kappa shape index (κ1) is 19.1. The van der Waals surface area contributed by atoms with E-state index in [1.807, 2.05) is 18.7 Å². The molecule has 0 fully saturated rings. The van der Waals surface area contributed by atoms with Crippen LogP contribution in [-0.2, 0) is 13.1 Å². The molecule has 1 aliphatic heterocycles. The summed E-state index contributed by atoms with van der Waals surface area (Å²) in [6.45, 7) is 4.28. The van der Waals surface area contributed by atoms with Gasteiger partial charge in [-0.2, -0.15) is 0 Å². The van der Waals surface area contributed by atoms with Crippen molar-refractivity contribution in [1.29, 1.82) is 0 Å². The topological polar surface area (TPSA) is 48.3 Å². The first-order valence-corrected chi connectivity index (χ1v) is 8.87. The molecule has 24 heavy (non-hydrogen) atoms. The monoisotopic (exact) mass is 415 g/mol. The molecular formula is C17H23BrClN3O2. The van der Waals surface area contributed by atoms with Crippen LogP contribution in [0.2, 0.25) is 0 Å². The number of unbranched alkanes of at least 4 members (excludes halogenated alkanes) is 1. The zero-order valence-corrected chi connectivity index (χ0v) is 15.9. The van der Waals surface area contributed by atoms with Crippen LogP contribution in [0.3, 0.4) is 0 Å². The van der Waals surface area contributed by atoms with Gasteiger partial charge in [-0.15, -0.1) is 12.4 Å². The Hall–Kier alpha value is -1.24. The van der Waals surface area contributed by atoms with Gasteiger partial charge in [-0.3, -0.25) is 0 Å². The van der Waals surface area contributed by atoms with Gasteiger partial charge in [0.2, 0.25) is 0 Å². The predicted molar refractivity (Wildman–Crippen MR) is 100 cm³/mol. The van der Waals surface area contributed by atoms with Crippen molar-refractivity contribution in [2.75, 3.05) is 19.8 Å². The molecule has 3 rings (SSSR count). The van der Waals surface area contributed by atoms with Crippen molar-refractivity contribution in [3.8, 4) is 11.5 Å². The predicted octanol–water partition coefficient (Wildman–Crippen LogP) is 3.80. The molecule has 1 aromatic carbocycles. The van der Waals surface area contributed by atoms with Gasteiger partial charge in [-0.1, -0.05) is 0 Å². The number of ether oxygens (including phenoxy) is 2. The lowest BCUT2D eigenvalue weighted by Gasteiger charge is -2.12. The van der Waals surface area contributed by atoms with Crippen LogP contribution in [0.25, 0.3) is 0 Å². The Morgan fingerprint density at radius 1 is 1.21 bits per heavy atom. The molecule has 1 N–H and O–H groups in total. The van der Waals surface area contributed by atoms with E-state index < -0.39 is 0 Å². The number of hydrogen-bond acceptors (Lipinski definition) is 4. The van der Waals surface area contributed by atoms with Crippen molar-refractivity contribution in [3.05, 3.63) is 40.9 Å². The summed E-state index contributed by atoms with van der Waals surface area (Å²) in [6.07, 6.45) is 8.90. The number of rotatable bonds is 7. The molecule has 132 valence electrons. The molecule has 7 heteroatoms. The van der Waals surface area contributed by atoms with Crippen molar-refractivity contribution in [2.45, 2.75) is 32.4 Å². The van der Waals surface area contributed by atoms with Crippen LogP contribution in [0.15, 0.2) is 35.3 Å². The maximum atomic E-state index is 5.76. The van der Waals surface area contributed by atoms with Crippen LogP contribution in [-0.4, -0.2) is 29.3 Å². The highest BCUT2D eigenvalue weighted by Gasteiger charge is 2.15. The molecule has 0 saturated heterocycles. The van der Waals surface area contributed by atoms with E-state index in [0.717, 1.165) is 54.9 Å². The quantitative estimate of drug-likeness (QED) is 0.698.